The first-order valence-corrected chi connectivity index (χ1v) is 9.54. The Balaban J connectivity index is 1.63. The molecule has 2 aromatic carbocycles. The Morgan fingerprint density at radius 1 is 0.968 bits per heavy atom. The van der Waals surface area contributed by atoms with E-state index in [-0.39, 0.29) is 12.4 Å². The molecule has 7 heteroatoms. The average molecular weight is 422 g/mol. The van der Waals surface area contributed by atoms with Gasteiger partial charge in [-0.15, -0.1) is 0 Å². The van der Waals surface area contributed by atoms with Gasteiger partial charge in [0.1, 0.15) is 5.82 Å². The first kappa shape index (κ1) is 20.5. The second-order valence-corrected chi connectivity index (χ2v) is 7.29. The number of nitrogens with zero attached hydrogens (tertiary/aromatic N) is 2. The van der Waals surface area contributed by atoms with E-state index in [9.17, 15) is 22.8 Å². The zero-order valence-corrected chi connectivity index (χ0v) is 16.6. The van der Waals surface area contributed by atoms with Gasteiger partial charge in [-0.1, -0.05) is 30.0 Å². The molecule has 0 spiro atoms. The van der Waals surface area contributed by atoms with Crippen molar-refractivity contribution < 1.29 is 13.2 Å². The van der Waals surface area contributed by atoms with Gasteiger partial charge in [0.05, 0.1) is 12.1 Å². The normalized spacial score (nSPS) is 12.2. The molecule has 0 bridgehead atoms. The third kappa shape index (κ3) is 4.10. The lowest BCUT2D eigenvalue weighted by Gasteiger charge is -2.12. The molecule has 1 heterocycles. The molecule has 0 saturated carbocycles. The van der Waals surface area contributed by atoms with Crippen molar-refractivity contribution in [3.63, 3.8) is 0 Å². The van der Waals surface area contributed by atoms with E-state index in [0.717, 1.165) is 22.3 Å². The van der Waals surface area contributed by atoms with Crippen LogP contribution in [-0.2, 0) is 26.4 Å². The fourth-order valence-corrected chi connectivity index (χ4v) is 3.50. The summed E-state index contributed by atoms with van der Waals surface area (Å²) < 4.78 is 42.0. The molecule has 0 radical (unpaired) electrons. The van der Waals surface area contributed by atoms with Gasteiger partial charge in [-0.25, -0.2) is 18.0 Å². The van der Waals surface area contributed by atoms with E-state index in [0.29, 0.717) is 35.2 Å². The minimum atomic E-state index is -1.04. The molecule has 0 N–H and O–H groups in total. The molecule has 3 aromatic rings. The fourth-order valence-electron chi connectivity index (χ4n) is 3.50. The van der Waals surface area contributed by atoms with Gasteiger partial charge in [0.15, 0.2) is 11.6 Å². The van der Waals surface area contributed by atoms with E-state index in [4.69, 9.17) is 0 Å². The standard InChI is InChI=1S/C24H17F3N2O2/c1-28-22-13-16(4-2-3-15-5-8-18(25)9-6-15)11-19(22)23(30)29(24(28)31)14-17-7-10-20(26)21(27)12-17/h5-12H,3,13-14H2,1H3. The molecule has 156 valence electrons. The molecular formula is C24H17F3N2O2. The lowest BCUT2D eigenvalue weighted by Crippen LogP contribution is -2.41. The first-order valence-electron chi connectivity index (χ1n) is 9.54. The van der Waals surface area contributed by atoms with E-state index in [2.05, 4.69) is 11.8 Å². The van der Waals surface area contributed by atoms with Crippen molar-refractivity contribution >= 4 is 6.08 Å². The van der Waals surface area contributed by atoms with Crippen LogP contribution in [0, 0.1) is 29.3 Å². The summed E-state index contributed by atoms with van der Waals surface area (Å²) in [6, 6.07) is 9.31. The van der Waals surface area contributed by atoms with Gasteiger partial charge in [0.2, 0.25) is 0 Å². The van der Waals surface area contributed by atoms with Crippen LogP contribution in [0.5, 0.6) is 0 Å². The van der Waals surface area contributed by atoms with E-state index in [1.54, 1.807) is 25.3 Å². The molecule has 0 saturated heterocycles. The molecular weight excluding hydrogens is 405 g/mol. The van der Waals surface area contributed by atoms with Crippen LogP contribution in [0.3, 0.4) is 0 Å². The summed E-state index contributed by atoms with van der Waals surface area (Å²) in [5.74, 6) is 3.67. The molecule has 1 aliphatic carbocycles. The molecule has 1 aliphatic rings. The summed E-state index contributed by atoms with van der Waals surface area (Å²) >= 11 is 0. The number of hydrogen-bond acceptors (Lipinski definition) is 2. The second-order valence-electron chi connectivity index (χ2n) is 7.29. The molecule has 0 atom stereocenters. The first-order chi connectivity index (χ1) is 14.8. The van der Waals surface area contributed by atoms with E-state index in [1.807, 2.05) is 0 Å². The zero-order valence-electron chi connectivity index (χ0n) is 16.6. The van der Waals surface area contributed by atoms with Crippen molar-refractivity contribution in [1.82, 2.24) is 9.13 Å². The Labute approximate surface area is 175 Å². The monoisotopic (exact) mass is 422 g/mol. The number of benzene rings is 2. The van der Waals surface area contributed by atoms with Gasteiger partial charge in [-0.3, -0.25) is 13.9 Å². The Morgan fingerprint density at radius 2 is 1.68 bits per heavy atom. The molecule has 0 aliphatic heterocycles. The lowest BCUT2D eigenvalue weighted by atomic mass is 10.1. The summed E-state index contributed by atoms with van der Waals surface area (Å²) in [5.41, 5.74) is 1.74. The molecule has 0 fully saturated rings. The van der Waals surface area contributed by atoms with Crippen LogP contribution in [0.2, 0.25) is 0 Å². The lowest BCUT2D eigenvalue weighted by molar-refractivity contribution is 0.505. The Morgan fingerprint density at radius 3 is 2.39 bits per heavy atom. The van der Waals surface area contributed by atoms with Crippen molar-refractivity contribution in [1.29, 1.82) is 0 Å². The average Bonchev–Trinajstić information content (AvgIpc) is 3.18. The van der Waals surface area contributed by atoms with Crippen LogP contribution in [0.25, 0.3) is 6.08 Å². The molecule has 31 heavy (non-hydrogen) atoms. The Bertz CT molecular complexity index is 1390. The maximum Gasteiger partial charge on any atom is 0.331 e. The SMILES string of the molecule is Cn1c2c(c(=O)n(Cc3ccc(F)c(F)c3)c1=O)C=C(C#CCc1ccc(F)cc1)C2. The highest BCUT2D eigenvalue weighted by molar-refractivity contribution is 5.66. The van der Waals surface area contributed by atoms with Gasteiger partial charge in [0.25, 0.3) is 5.56 Å². The van der Waals surface area contributed by atoms with Gasteiger partial charge in [-0.05, 0) is 41.5 Å². The quantitative estimate of drug-likeness (QED) is 0.609. The number of hydrogen-bond donors (Lipinski definition) is 0. The van der Waals surface area contributed by atoms with Gasteiger partial charge in [0, 0.05) is 31.2 Å². The molecule has 0 amide bonds. The van der Waals surface area contributed by atoms with Crippen molar-refractivity contribution in [2.45, 2.75) is 19.4 Å². The maximum atomic E-state index is 13.5. The van der Waals surface area contributed by atoms with Gasteiger partial charge in [-0.2, -0.15) is 0 Å². The number of allylic oxidation sites excluding steroid dienone is 1. The number of rotatable bonds is 3. The largest absolute Gasteiger partial charge is 0.331 e. The highest BCUT2D eigenvalue weighted by Crippen LogP contribution is 2.20. The molecule has 4 rings (SSSR count). The molecule has 4 nitrogen and oxygen atoms in total. The summed E-state index contributed by atoms with van der Waals surface area (Å²) in [6.07, 6.45) is 2.42. The number of halogens is 3. The highest BCUT2D eigenvalue weighted by atomic mass is 19.2. The van der Waals surface area contributed by atoms with E-state index >= 15 is 0 Å². The minimum Gasteiger partial charge on any atom is -0.300 e. The number of fused-ring (bicyclic) bond motifs is 1. The predicted octanol–water partition coefficient (Wildman–Crippen LogP) is 3.20. The third-order valence-corrected chi connectivity index (χ3v) is 5.17. The van der Waals surface area contributed by atoms with Gasteiger partial charge < -0.3 is 0 Å². The van der Waals surface area contributed by atoms with Crippen LogP contribution in [-0.4, -0.2) is 9.13 Å². The minimum absolute atomic E-state index is 0.171. The van der Waals surface area contributed by atoms with Crippen LogP contribution >= 0.6 is 0 Å². The molecule has 1 aromatic heterocycles. The zero-order chi connectivity index (χ0) is 22.1. The second kappa shape index (κ2) is 8.15. The van der Waals surface area contributed by atoms with Crippen LogP contribution in [0.4, 0.5) is 13.2 Å². The molecule has 0 unspecified atom stereocenters. The summed E-state index contributed by atoms with van der Waals surface area (Å²) in [4.78, 5) is 25.6. The predicted molar refractivity (Wildman–Crippen MR) is 111 cm³/mol. The van der Waals surface area contributed by atoms with E-state index in [1.165, 1.54) is 22.8 Å². The number of aromatic nitrogens is 2. The van der Waals surface area contributed by atoms with Crippen molar-refractivity contribution in [3.8, 4) is 11.8 Å². The summed E-state index contributed by atoms with van der Waals surface area (Å²) in [6.45, 7) is -0.171. The van der Waals surface area contributed by atoms with E-state index < -0.39 is 22.9 Å². The van der Waals surface area contributed by atoms with Crippen LogP contribution in [0.1, 0.15) is 22.4 Å². The smallest absolute Gasteiger partial charge is 0.300 e. The van der Waals surface area contributed by atoms with Crippen LogP contribution < -0.4 is 11.2 Å². The fraction of sp³-hybridized carbons (Fsp3) is 0.167. The van der Waals surface area contributed by atoms with Crippen LogP contribution in [0.15, 0.2) is 57.6 Å². The summed E-state index contributed by atoms with van der Waals surface area (Å²) in [5, 5.41) is 0. The highest BCUT2D eigenvalue weighted by Gasteiger charge is 2.21. The van der Waals surface area contributed by atoms with Crippen molar-refractivity contribution in [2.24, 2.45) is 7.05 Å². The third-order valence-electron chi connectivity index (χ3n) is 5.17. The van der Waals surface area contributed by atoms with Crippen molar-refractivity contribution in [3.05, 3.63) is 109 Å². The maximum absolute atomic E-state index is 13.5. The Hall–Kier alpha value is -3.79. The Kier molecular flexibility index (Phi) is 5.38. The van der Waals surface area contributed by atoms with Crippen molar-refractivity contribution in [2.75, 3.05) is 0 Å². The summed E-state index contributed by atoms with van der Waals surface area (Å²) in [7, 11) is 1.56. The van der Waals surface area contributed by atoms with Gasteiger partial charge >= 0.3 is 5.69 Å². The topological polar surface area (TPSA) is 44.0 Å².